The molecule has 0 heterocycles. The Morgan fingerprint density at radius 2 is 2.00 bits per heavy atom. The van der Waals surface area contributed by atoms with E-state index >= 15 is 0 Å². The van der Waals surface area contributed by atoms with E-state index in [1.165, 1.54) is 0 Å². The topological polar surface area (TPSA) is 55.5 Å². The Morgan fingerprint density at radius 3 is 2.56 bits per heavy atom. The SMILES string of the molecule is COc1ccc(O)c([C@@H](N)CCC(C)C)c1. The molecule has 90 valence electrons. The van der Waals surface area contributed by atoms with Crippen LogP contribution in [0.1, 0.15) is 38.3 Å². The Labute approximate surface area is 97.2 Å². The van der Waals surface area contributed by atoms with E-state index in [9.17, 15) is 5.11 Å². The molecule has 3 nitrogen and oxygen atoms in total. The van der Waals surface area contributed by atoms with E-state index < -0.39 is 0 Å². The lowest BCUT2D eigenvalue weighted by Gasteiger charge is -2.15. The average molecular weight is 223 g/mol. The molecule has 0 spiro atoms. The van der Waals surface area contributed by atoms with Crippen LogP contribution in [-0.2, 0) is 0 Å². The summed E-state index contributed by atoms with van der Waals surface area (Å²) in [5.41, 5.74) is 6.82. The lowest BCUT2D eigenvalue weighted by molar-refractivity contribution is 0.407. The minimum absolute atomic E-state index is 0.127. The zero-order chi connectivity index (χ0) is 12.1. The first-order chi connectivity index (χ1) is 7.54. The third-order valence-electron chi connectivity index (χ3n) is 2.69. The first kappa shape index (κ1) is 12.8. The summed E-state index contributed by atoms with van der Waals surface area (Å²) in [4.78, 5) is 0. The van der Waals surface area contributed by atoms with Crippen molar-refractivity contribution in [3.8, 4) is 11.5 Å². The van der Waals surface area contributed by atoms with Gasteiger partial charge in [-0.3, -0.25) is 0 Å². The van der Waals surface area contributed by atoms with Crippen LogP contribution < -0.4 is 10.5 Å². The molecule has 3 N–H and O–H groups in total. The van der Waals surface area contributed by atoms with E-state index in [0.717, 1.165) is 24.2 Å². The maximum atomic E-state index is 9.73. The van der Waals surface area contributed by atoms with Crippen molar-refractivity contribution in [2.45, 2.75) is 32.7 Å². The van der Waals surface area contributed by atoms with E-state index in [1.807, 2.05) is 0 Å². The number of rotatable bonds is 5. The van der Waals surface area contributed by atoms with Crippen LogP contribution in [0.3, 0.4) is 0 Å². The van der Waals surface area contributed by atoms with Crippen LogP contribution in [-0.4, -0.2) is 12.2 Å². The Balaban J connectivity index is 2.76. The molecule has 0 aliphatic heterocycles. The number of hydrogen-bond acceptors (Lipinski definition) is 3. The lowest BCUT2D eigenvalue weighted by atomic mass is 9.97. The number of nitrogens with two attached hydrogens (primary N) is 1. The normalized spacial score (nSPS) is 12.8. The molecule has 1 aromatic carbocycles. The fourth-order valence-corrected chi connectivity index (χ4v) is 1.62. The molecule has 0 aliphatic carbocycles. The molecule has 1 rings (SSSR count). The van der Waals surface area contributed by atoms with E-state index in [-0.39, 0.29) is 11.8 Å². The number of phenolic OH excluding ortho intramolecular Hbond substituents is 1. The maximum Gasteiger partial charge on any atom is 0.120 e. The van der Waals surface area contributed by atoms with Gasteiger partial charge in [-0.1, -0.05) is 13.8 Å². The third-order valence-corrected chi connectivity index (χ3v) is 2.69. The molecular weight excluding hydrogens is 202 g/mol. The number of phenols is 1. The summed E-state index contributed by atoms with van der Waals surface area (Å²) in [6.07, 6.45) is 1.93. The van der Waals surface area contributed by atoms with E-state index in [2.05, 4.69) is 13.8 Å². The molecule has 0 fully saturated rings. The van der Waals surface area contributed by atoms with Gasteiger partial charge in [0.25, 0.3) is 0 Å². The maximum absolute atomic E-state index is 9.73. The molecular formula is C13H21NO2. The molecule has 3 heteroatoms. The van der Waals surface area contributed by atoms with E-state index in [4.69, 9.17) is 10.5 Å². The van der Waals surface area contributed by atoms with Crippen LogP contribution in [0.25, 0.3) is 0 Å². The van der Waals surface area contributed by atoms with Gasteiger partial charge in [-0.25, -0.2) is 0 Å². The summed E-state index contributed by atoms with van der Waals surface area (Å²) >= 11 is 0. The first-order valence-electron chi connectivity index (χ1n) is 5.67. The predicted molar refractivity (Wildman–Crippen MR) is 65.7 cm³/mol. The predicted octanol–water partition coefficient (Wildman–Crippen LogP) is 2.84. The fraction of sp³-hybridized carbons (Fsp3) is 0.538. The minimum Gasteiger partial charge on any atom is -0.508 e. The minimum atomic E-state index is -0.127. The van der Waals surface area contributed by atoms with Crippen LogP contribution >= 0.6 is 0 Å². The highest BCUT2D eigenvalue weighted by molar-refractivity contribution is 5.41. The summed E-state index contributed by atoms with van der Waals surface area (Å²) in [6, 6.07) is 5.04. The number of aromatic hydroxyl groups is 1. The van der Waals surface area contributed by atoms with Crippen LogP contribution in [0.4, 0.5) is 0 Å². The van der Waals surface area contributed by atoms with E-state index in [0.29, 0.717) is 5.92 Å². The van der Waals surface area contributed by atoms with Crippen molar-refractivity contribution in [3.05, 3.63) is 23.8 Å². The largest absolute Gasteiger partial charge is 0.508 e. The standard InChI is InChI=1S/C13H21NO2/c1-9(2)4-6-12(14)11-8-10(16-3)5-7-13(11)15/h5,7-9,12,15H,4,6,14H2,1-3H3/t12-/m0/s1. The van der Waals surface area contributed by atoms with Gasteiger partial charge in [0.15, 0.2) is 0 Å². The zero-order valence-electron chi connectivity index (χ0n) is 10.2. The van der Waals surface area contributed by atoms with Gasteiger partial charge in [-0.15, -0.1) is 0 Å². The molecule has 0 saturated heterocycles. The van der Waals surface area contributed by atoms with Crippen molar-refractivity contribution in [1.29, 1.82) is 0 Å². The Hall–Kier alpha value is -1.22. The van der Waals surface area contributed by atoms with Crippen molar-refractivity contribution in [3.63, 3.8) is 0 Å². The van der Waals surface area contributed by atoms with Gasteiger partial charge in [0.1, 0.15) is 11.5 Å². The molecule has 0 aliphatic rings. The van der Waals surface area contributed by atoms with Crippen LogP contribution in [0.5, 0.6) is 11.5 Å². The van der Waals surface area contributed by atoms with Crippen LogP contribution in [0, 0.1) is 5.92 Å². The average Bonchev–Trinajstić information content (AvgIpc) is 2.26. The molecule has 1 aromatic rings. The highest BCUT2D eigenvalue weighted by Crippen LogP contribution is 2.30. The summed E-state index contributed by atoms with van der Waals surface area (Å²) in [7, 11) is 1.61. The van der Waals surface area contributed by atoms with Crippen LogP contribution in [0.2, 0.25) is 0 Å². The monoisotopic (exact) mass is 223 g/mol. The molecule has 1 atom stereocenters. The van der Waals surface area contributed by atoms with Crippen molar-refractivity contribution in [2.24, 2.45) is 11.7 Å². The second-order valence-electron chi connectivity index (χ2n) is 4.50. The van der Waals surface area contributed by atoms with Gasteiger partial charge >= 0.3 is 0 Å². The zero-order valence-corrected chi connectivity index (χ0v) is 10.2. The molecule has 0 amide bonds. The quantitative estimate of drug-likeness (QED) is 0.807. The van der Waals surface area contributed by atoms with Gasteiger partial charge in [0.2, 0.25) is 0 Å². The first-order valence-corrected chi connectivity index (χ1v) is 5.67. The van der Waals surface area contributed by atoms with Gasteiger partial charge < -0.3 is 15.6 Å². The molecule has 0 bridgehead atoms. The third kappa shape index (κ3) is 3.42. The molecule has 0 saturated carbocycles. The Bertz CT molecular complexity index is 337. The highest BCUT2D eigenvalue weighted by Gasteiger charge is 2.12. The van der Waals surface area contributed by atoms with Gasteiger partial charge in [0, 0.05) is 11.6 Å². The highest BCUT2D eigenvalue weighted by atomic mass is 16.5. The second-order valence-corrected chi connectivity index (χ2v) is 4.50. The second kappa shape index (κ2) is 5.75. The number of benzene rings is 1. The number of ether oxygens (including phenoxy) is 1. The summed E-state index contributed by atoms with van der Waals surface area (Å²) < 4.78 is 5.12. The summed E-state index contributed by atoms with van der Waals surface area (Å²) in [5, 5.41) is 9.73. The van der Waals surface area contributed by atoms with Crippen molar-refractivity contribution >= 4 is 0 Å². The molecule has 0 radical (unpaired) electrons. The van der Waals surface area contributed by atoms with Crippen molar-refractivity contribution < 1.29 is 9.84 Å². The summed E-state index contributed by atoms with van der Waals surface area (Å²) in [6.45, 7) is 4.33. The van der Waals surface area contributed by atoms with Crippen LogP contribution in [0.15, 0.2) is 18.2 Å². The van der Waals surface area contributed by atoms with Crippen molar-refractivity contribution in [1.82, 2.24) is 0 Å². The Morgan fingerprint density at radius 1 is 1.31 bits per heavy atom. The molecule has 0 aromatic heterocycles. The number of hydrogen-bond donors (Lipinski definition) is 2. The summed E-state index contributed by atoms with van der Waals surface area (Å²) in [5.74, 6) is 1.60. The lowest BCUT2D eigenvalue weighted by Crippen LogP contribution is -2.11. The number of methoxy groups -OCH3 is 1. The molecule has 16 heavy (non-hydrogen) atoms. The molecule has 0 unspecified atom stereocenters. The fourth-order valence-electron chi connectivity index (χ4n) is 1.62. The van der Waals surface area contributed by atoms with Gasteiger partial charge in [-0.2, -0.15) is 0 Å². The van der Waals surface area contributed by atoms with Gasteiger partial charge in [-0.05, 0) is 37.0 Å². The van der Waals surface area contributed by atoms with Gasteiger partial charge in [0.05, 0.1) is 7.11 Å². The smallest absolute Gasteiger partial charge is 0.120 e. The van der Waals surface area contributed by atoms with E-state index in [1.54, 1.807) is 25.3 Å². The Kier molecular flexibility index (Phi) is 4.62. The van der Waals surface area contributed by atoms with Crippen molar-refractivity contribution in [2.75, 3.05) is 7.11 Å².